The van der Waals surface area contributed by atoms with Gasteiger partial charge >= 0.3 is 6.01 Å². The molecule has 1 saturated carbocycles. The van der Waals surface area contributed by atoms with Gasteiger partial charge in [-0.25, -0.2) is 0 Å². The van der Waals surface area contributed by atoms with Gasteiger partial charge in [-0.3, -0.25) is 0 Å². The highest BCUT2D eigenvalue weighted by Crippen LogP contribution is 2.39. The Kier molecular flexibility index (Phi) is 3.40. The normalized spacial score (nSPS) is 24.8. The number of ether oxygens (including phenoxy) is 1. The second kappa shape index (κ2) is 5.19. The standard InChI is InChI=1S/C13H21N5O/c1-3-6-19-13-16-11(14-2)15-12(17-13)18-8-9-4-5-10(18)7-9/h9-10H,3-8H2,1-2H3,(H,14,15,16,17). The van der Waals surface area contributed by atoms with E-state index < -0.39 is 0 Å². The van der Waals surface area contributed by atoms with Crippen LogP contribution in [0, 0.1) is 5.92 Å². The largest absolute Gasteiger partial charge is 0.463 e. The molecule has 0 amide bonds. The van der Waals surface area contributed by atoms with Crippen LogP contribution in [0.15, 0.2) is 0 Å². The first-order valence-electron chi connectivity index (χ1n) is 7.13. The van der Waals surface area contributed by atoms with Gasteiger partial charge in [0.15, 0.2) is 0 Å². The van der Waals surface area contributed by atoms with Crippen molar-refractivity contribution in [2.75, 3.05) is 30.4 Å². The molecule has 2 aliphatic rings. The second-order valence-electron chi connectivity index (χ2n) is 5.33. The van der Waals surface area contributed by atoms with E-state index in [-0.39, 0.29) is 0 Å². The Morgan fingerprint density at radius 3 is 2.84 bits per heavy atom. The summed E-state index contributed by atoms with van der Waals surface area (Å²) in [5, 5.41) is 2.98. The Morgan fingerprint density at radius 1 is 1.32 bits per heavy atom. The first-order valence-corrected chi connectivity index (χ1v) is 7.13. The minimum absolute atomic E-state index is 0.430. The van der Waals surface area contributed by atoms with Crippen molar-refractivity contribution in [2.24, 2.45) is 5.92 Å². The van der Waals surface area contributed by atoms with Crippen LogP contribution in [-0.4, -0.2) is 41.2 Å². The number of piperidine rings is 1. The van der Waals surface area contributed by atoms with Crippen molar-refractivity contribution in [3.8, 4) is 6.01 Å². The molecule has 6 nitrogen and oxygen atoms in total. The number of anilines is 2. The van der Waals surface area contributed by atoms with Crippen molar-refractivity contribution in [2.45, 2.75) is 38.6 Å². The maximum Gasteiger partial charge on any atom is 0.323 e. The number of hydrogen-bond donors (Lipinski definition) is 1. The van der Waals surface area contributed by atoms with E-state index >= 15 is 0 Å². The monoisotopic (exact) mass is 263 g/mol. The predicted molar refractivity (Wildman–Crippen MR) is 73.6 cm³/mol. The number of fused-ring (bicyclic) bond motifs is 2. The molecule has 2 bridgehead atoms. The van der Waals surface area contributed by atoms with Crippen LogP contribution in [0.25, 0.3) is 0 Å². The van der Waals surface area contributed by atoms with Gasteiger partial charge in [0.25, 0.3) is 0 Å². The molecule has 3 rings (SSSR count). The maximum atomic E-state index is 5.55. The van der Waals surface area contributed by atoms with E-state index in [0.717, 1.165) is 24.8 Å². The third kappa shape index (κ3) is 2.43. The molecule has 0 spiro atoms. The second-order valence-corrected chi connectivity index (χ2v) is 5.33. The fraction of sp³-hybridized carbons (Fsp3) is 0.769. The zero-order valence-electron chi connectivity index (χ0n) is 11.6. The van der Waals surface area contributed by atoms with Crippen molar-refractivity contribution in [3.63, 3.8) is 0 Å². The molecular formula is C13H21N5O. The molecule has 6 heteroatoms. The average Bonchev–Trinajstić information content (AvgIpc) is 3.07. The lowest BCUT2D eigenvalue weighted by atomic mass is 10.1. The van der Waals surface area contributed by atoms with Gasteiger partial charge in [0.2, 0.25) is 11.9 Å². The van der Waals surface area contributed by atoms with E-state index in [1.165, 1.54) is 19.3 Å². The van der Waals surface area contributed by atoms with Crippen LogP contribution in [0.4, 0.5) is 11.9 Å². The molecule has 0 aromatic carbocycles. The molecular weight excluding hydrogens is 242 g/mol. The number of nitrogens with zero attached hydrogens (tertiary/aromatic N) is 4. The van der Waals surface area contributed by atoms with Gasteiger partial charge in [-0.1, -0.05) is 6.92 Å². The third-order valence-corrected chi connectivity index (χ3v) is 3.93. The van der Waals surface area contributed by atoms with E-state index in [4.69, 9.17) is 4.74 Å². The van der Waals surface area contributed by atoms with Crippen LogP contribution in [0.1, 0.15) is 32.6 Å². The Labute approximate surface area is 113 Å². The van der Waals surface area contributed by atoms with Crippen LogP contribution >= 0.6 is 0 Å². The van der Waals surface area contributed by atoms with Crippen LogP contribution in [-0.2, 0) is 0 Å². The molecule has 19 heavy (non-hydrogen) atoms. The van der Waals surface area contributed by atoms with Gasteiger partial charge in [-0.2, -0.15) is 15.0 Å². The van der Waals surface area contributed by atoms with Gasteiger partial charge in [0.05, 0.1) is 6.61 Å². The minimum atomic E-state index is 0.430. The van der Waals surface area contributed by atoms with Crippen LogP contribution in [0.5, 0.6) is 6.01 Å². The van der Waals surface area contributed by atoms with E-state index in [1.54, 1.807) is 0 Å². The molecule has 2 unspecified atom stereocenters. The zero-order chi connectivity index (χ0) is 13.2. The number of aromatic nitrogens is 3. The third-order valence-electron chi connectivity index (χ3n) is 3.93. The number of nitrogens with one attached hydrogen (secondary N) is 1. The van der Waals surface area contributed by atoms with E-state index in [1.807, 2.05) is 7.05 Å². The number of hydrogen-bond acceptors (Lipinski definition) is 6. The summed E-state index contributed by atoms with van der Waals surface area (Å²) < 4.78 is 5.55. The van der Waals surface area contributed by atoms with Crippen LogP contribution in [0.2, 0.25) is 0 Å². The Morgan fingerprint density at radius 2 is 2.21 bits per heavy atom. The van der Waals surface area contributed by atoms with Crippen molar-refractivity contribution in [3.05, 3.63) is 0 Å². The first-order chi connectivity index (χ1) is 9.30. The highest BCUT2D eigenvalue weighted by molar-refractivity contribution is 5.41. The van der Waals surface area contributed by atoms with Crippen molar-refractivity contribution < 1.29 is 4.74 Å². The van der Waals surface area contributed by atoms with Gasteiger partial charge < -0.3 is 15.0 Å². The van der Waals surface area contributed by atoms with Gasteiger partial charge in [-0.05, 0) is 31.6 Å². The van der Waals surface area contributed by atoms with Gasteiger partial charge in [0, 0.05) is 19.6 Å². The molecule has 1 aromatic heterocycles. The maximum absolute atomic E-state index is 5.55. The fourth-order valence-electron chi connectivity index (χ4n) is 3.01. The van der Waals surface area contributed by atoms with Crippen molar-refractivity contribution >= 4 is 11.9 Å². The minimum Gasteiger partial charge on any atom is -0.463 e. The first kappa shape index (κ1) is 12.4. The van der Waals surface area contributed by atoms with Gasteiger partial charge in [-0.15, -0.1) is 0 Å². The highest BCUT2D eigenvalue weighted by atomic mass is 16.5. The Bertz CT molecular complexity index is 453. The van der Waals surface area contributed by atoms with Crippen LogP contribution < -0.4 is 15.0 Å². The predicted octanol–water partition coefficient (Wildman–Crippen LogP) is 1.69. The molecule has 104 valence electrons. The highest BCUT2D eigenvalue weighted by Gasteiger charge is 2.39. The molecule has 1 saturated heterocycles. The summed E-state index contributed by atoms with van der Waals surface area (Å²) in [4.78, 5) is 15.5. The van der Waals surface area contributed by atoms with Crippen molar-refractivity contribution in [1.29, 1.82) is 0 Å². The Balaban J connectivity index is 1.83. The lowest BCUT2D eigenvalue weighted by molar-refractivity contribution is 0.291. The summed E-state index contributed by atoms with van der Waals surface area (Å²) in [5.74, 6) is 2.16. The van der Waals surface area contributed by atoms with Crippen molar-refractivity contribution in [1.82, 2.24) is 15.0 Å². The fourth-order valence-corrected chi connectivity index (χ4v) is 3.01. The molecule has 1 aliphatic carbocycles. The number of rotatable bonds is 5. The van der Waals surface area contributed by atoms with E-state index in [2.05, 4.69) is 32.1 Å². The average molecular weight is 263 g/mol. The lowest BCUT2D eigenvalue weighted by Crippen LogP contribution is -2.33. The molecule has 0 radical (unpaired) electrons. The van der Waals surface area contributed by atoms with E-state index in [9.17, 15) is 0 Å². The summed E-state index contributed by atoms with van der Waals surface area (Å²) in [5.41, 5.74) is 0. The lowest BCUT2D eigenvalue weighted by Gasteiger charge is -2.27. The molecule has 2 atom stereocenters. The molecule has 2 heterocycles. The molecule has 1 aliphatic heterocycles. The molecule has 1 N–H and O–H groups in total. The zero-order valence-corrected chi connectivity index (χ0v) is 11.6. The molecule has 1 aromatic rings. The van der Waals surface area contributed by atoms with Gasteiger partial charge in [0.1, 0.15) is 0 Å². The Hall–Kier alpha value is -1.59. The summed E-state index contributed by atoms with van der Waals surface area (Å²) in [6, 6.07) is 1.04. The van der Waals surface area contributed by atoms with Crippen LogP contribution in [0.3, 0.4) is 0 Å². The summed E-state index contributed by atoms with van der Waals surface area (Å²) in [6.07, 6.45) is 4.84. The smallest absolute Gasteiger partial charge is 0.323 e. The van der Waals surface area contributed by atoms with E-state index in [0.29, 0.717) is 24.6 Å². The summed E-state index contributed by atoms with van der Waals surface area (Å²) in [6.45, 7) is 3.78. The summed E-state index contributed by atoms with van der Waals surface area (Å²) in [7, 11) is 1.82. The molecule has 2 fully saturated rings. The topological polar surface area (TPSA) is 63.2 Å². The SMILES string of the molecule is CCCOc1nc(NC)nc(N2CC3CCC2C3)n1. The summed E-state index contributed by atoms with van der Waals surface area (Å²) >= 11 is 0. The quantitative estimate of drug-likeness (QED) is 0.872.